The molecule has 2 atom stereocenters. The maximum Gasteiger partial charge on any atom is 0.518 e. The number of rotatable bonds is 11. The first-order valence-corrected chi connectivity index (χ1v) is 13.0. The molecular formula is C25H39N2O6S+. The lowest BCUT2D eigenvalue weighted by Crippen LogP contribution is -2.61. The van der Waals surface area contributed by atoms with Crippen LogP contribution in [0, 0.1) is 0 Å². The summed E-state index contributed by atoms with van der Waals surface area (Å²) in [6.07, 6.45) is 2.55. The highest BCUT2D eigenvalue weighted by atomic mass is 32.2. The number of hydrogen-bond donors (Lipinski definition) is 1. The first-order chi connectivity index (χ1) is 16.0. The second-order valence-electron chi connectivity index (χ2n) is 9.82. The van der Waals surface area contributed by atoms with Gasteiger partial charge in [-0.3, -0.25) is 4.79 Å². The van der Waals surface area contributed by atoms with Crippen molar-refractivity contribution in [2.75, 3.05) is 38.9 Å². The molecule has 1 amide bonds. The zero-order valence-electron chi connectivity index (χ0n) is 21.0. The molecule has 1 aliphatic rings. The SMILES string of the molecule is COC(=O)[C@](N)(CCSC)C(=O)C(Cc1ccccc1)OC[N+]1(C(=O)OC(C)(C)C)CCCC1. The van der Waals surface area contributed by atoms with Crippen LogP contribution in [0.1, 0.15) is 45.6 Å². The lowest BCUT2D eigenvalue weighted by atomic mass is 9.86. The molecular weight excluding hydrogens is 456 g/mol. The predicted molar refractivity (Wildman–Crippen MR) is 132 cm³/mol. The molecule has 9 heteroatoms. The number of hydrogen-bond acceptors (Lipinski definition) is 8. The molecule has 0 aliphatic carbocycles. The number of carbonyl (C=O) groups is 3. The summed E-state index contributed by atoms with van der Waals surface area (Å²) in [7, 11) is 1.22. The fourth-order valence-electron chi connectivity index (χ4n) is 4.01. The Labute approximate surface area is 207 Å². The van der Waals surface area contributed by atoms with E-state index in [1.54, 1.807) is 0 Å². The molecule has 1 aromatic rings. The molecule has 34 heavy (non-hydrogen) atoms. The Morgan fingerprint density at radius 3 is 2.26 bits per heavy atom. The van der Waals surface area contributed by atoms with Gasteiger partial charge in [0.1, 0.15) is 11.7 Å². The average molecular weight is 496 g/mol. The molecule has 1 saturated heterocycles. The van der Waals surface area contributed by atoms with E-state index in [4.69, 9.17) is 19.9 Å². The number of nitrogens with zero attached hydrogens (tertiary/aromatic N) is 1. The standard InChI is InChI=1S/C25H39N2O6S/c1-24(2,3)33-23(30)27(14-9-10-15-27)18-32-20(17-19-11-7-6-8-12-19)21(28)25(26,13-16-34-5)22(29)31-4/h6-8,11-12,20H,9-10,13-18,26H2,1-5H3/q+1/t20?,25-/m0/s1. The van der Waals surface area contributed by atoms with Crippen LogP contribution in [0.2, 0.25) is 0 Å². The third-order valence-electron chi connectivity index (χ3n) is 5.97. The molecule has 1 aromatic carbocycles. The lowest BCUT2D eigenvalue weighted by molar-refractivity contribution is -0.867. The highest BCUT2D eigenvalue weighted by Gasteiger charge is 2.49. The van der Waals surface area contributed by atoms with Crippen molar-refractivity contribution in [2.45, 2.75) is 63.7 Å². The zero-order chi connectivity index (χ0) is 25.4. The van der Waals surface area contributed by atoms with Gasteiger partial charge < -0.3 is 19.9 Å². The van der Waals surface area contributed by atoms with Gasteiger partial charge in [-0.15, -0.1) is 0 Å². The van der Waals surface area contributed by atoms with E-state index in [0.29, 0.717) is 18.8 Å². The molecule has 0 radical (unpaired) electrons. The molecule has 0 spiro atoms. The van der Waals surface area contributed by atoms with Gasteiger partial charge in [0.05, 0.1) is 20.2 Å². The summed E-state index contributed by atoms with van der Waals surface area (Å²) >= 11 is 1.49. The van der Waals surface area contributed by atoms with Gasteiger partial charge in [0, 0.05) is 19.3 Å². The second-order valence-corrected chi connectivity index (χ2v) is 10.8. The van der Waals surface area contributed by atoms with Gasteiger partial charge in [0.15, 0.2) is 18.1 Å². The molecule has 1 unspecified atom stereocenters. The van der Waals surface area contributed by atoms with Gasteiger partial charge in [0.2, 0.25) is 0 Å². The van der Waals surface area contributed by atoms with Crippen LogP contribution < -0.4 is 5.73 Å². The summed E-state index contributed by atoms with van der Waals surface area (Å²) < 4.78 is 16.7. The topological polar surface area (TPSA) is 105 Å². The maximum atomic E-state index is 13.7. The van der Waals surface area contributed by atoms with Gasteiger partial charge in [-0.25, -0.2) is 4.79 Å². The van der Waals surface area contributed by atoms with Crippen LogP contribution in [0.3, 0.4) is 0 Å². The van der Waals surface area contributed by atoms with Crippen molar-refractivity contribution in [1.29, 1.82) is 0 Å². The van der Waals surface area contributed by atoms with E-state index in [0.717, 1.165) is 18.4 Å². The predicted octanol–water partition coefficient (Wildman–Crippen LogP) is 3.31. The summed E-state index contributed by atoms with van der Waals surface area (Å²) in [6.45, 7) is 6.58. The number of nitrogens with two attached hydrogens (primary N) is 1. The van der Waals surface area contributed by atoms with Crippen LogP contribution >= 0.6 is 11.8 Å². The molecule has 0 aromatic heterocycles. The van der Waals surface area contributed by atoms with Crippen molar-refractivity contribution in [3.63, 3.8) is 0 Å². The monoisotopic (exact) mass is 495 g/mol. The van der Waals surface area contributed by atoms with E-state index in [1.807, 2.05) is 57.4 Å². The maximum absolute atomic E-state index is 13.7. The fraction of sp³-hybridized carbons (Fsp3) is 0.640. The van der Waals surface area contributed by atoms with Crippen molar-refractivity contribution in [3.8, 4) is 0 Å². The average Bonchev–Trinajstić information content (AvgIpc) is 3.29. The number of esters is 1. The Hall–Kier alpha value is -1.94. The number of carbonyl (C=O) groups excluding carboxylic acids is 3. The van der Waals surface area contributed by atoms with E-state index in [9.17, 15) is 14.4 Å². The summed E-state index contributed by atoms with van der Waals surface area (Å²) in [4.78, 5) is 39.4. The van der Waals surface area contributed by atoms with Crippen LogP contribution in [0.5, 0.6) is 0 Å². The van der Waals surface area contributed by atoms with Crippen molar-refractivity contribution in [1.82, 2.24) is 0 Å². The van der Waals surface area contributed by atoms with E-state index < -0.39 is 29.0 Å². The number of Topliss-reactive ketones (excluding diaryl/α,β-unsaturated/α-hetero) is 1. The number of methoxy groups -OCH3 is 1. The molecule has 1 fully saturated rings. The first kappa shape index (κ1) is 28.3. The molecule has 1 heterocycles. The van der Waals surface area contributed by atoms with Gasteiger partial charge in [-0.2, -0.15) is 21.0 Å². The van der Waals surface area contributed by atoms with Gasteiger partial charge in [0.25, 0.3) is 0 Å². The summed E-state index contributed by atoms with van der Waals surface area (Å²) in [5.41, 5.74) is 4.77. The zero-order valence-corrected chi connectivity index (χ0v) is 21.8. The van der Waals surface area contributed by atoms with Crippen LogP contribution in [0.25, 0.3) is 0 Å². The van der Waals surface area contributed by atoms with Crippen LogP contribution in [-0.4, -0.2) is 78.5 Å². The molecule has 1 aliphatic heterocycles. The summed E-state index contributed by atoms with van der Waals surface area (Å²) in [6, 6.07) is 9.39. The number of likely N-dealkylation sites (tertiary alicyclic amines) is 1. The Bertz CT molecular complexity index is 836. The number of thioether (sulfide) groups is 1. The van der Waals surface area contributed by atoms with Crippen LogP contribution in [-0.2, 0) is 30.2 Å². The Kier molecular flexibility index (Phi) is 10.1. The lowest BCUT2D eigenvalue weighted by Gasteiger charge is -2.34. The quantitative estimate of drug-likeness (QED) is 0.283. The Morgan fingerprint density at radius 2 is 1.74 bits per heavy atom. The highest BCUT2D eigenvalue weighted by Crippen LogP contribution is 2.26. The third kappa shape index (κ3) is 7.28. The van der Waals surface area contributed by atoms with Crippen molar-refractivity contribution in [3.05, 3.63) is 35.9 Å². The molecule has 190 valence electrons. The minimum Gasteiger partial charge on any atom is -0.467 e. The van der Waals surface area contributed by atoms with Gasteiger partial charge in [-0.1, -0.05) is 30.3 Å². The molecule has 8 nitrogen and oxygen atoms in total. The number of ketones is 1. The Balaban J connectivity index is 2.33. The largest absolute Gasteiger partial charge is 0.518 e. The second kappa shape index (κ2) is 12.2. The van der Waals surface area contributed by atoms with Crippen molar-refractivity contribution >= 4 is 29.6 Å². The molecule has 2 N–H and O–H groups in total. The van der Waals surface area contributed by atoms with Gasteiger partial charge >= 0.3 is 12.1 Å². The smallest absolute Gasteiger partial charge is 0.467 e. The summed E-state index contributed by atoms with van der Waals surface area (Å²) in [5, 5.41) is 0. The minimum absolute atomic E-state index is 0.0174. The number of ether oxygens (including phenoxy) is 3. The number of quaternary nitrogens is 1. The van der Waals surface area contributed by atoms with E-state index in [-0.39, 0.29) is 30.1 Å². The number of benzene rings is 1. The van der Waals surface area contributed by atoms with E-state index in [2.05, 4.69) is 0 Å². The minimum atomic E-state index is -1.83. The van der Waals surface area contributed by atoms with Crippen molar-refractivity contribution < 1.29 is 33.1 Å². The van der Waals surface area contributed by atoms with Crippen LogP contribution in [0.15, 0.2) is 30.3 Å². The molecule has 2 rings (SSSR count). The first-order valence-electron chi connectivity index (χ1n) is 11.6. The molecule has 0 saturated carbocycles. The van der Waals surface area contributed by atoms with Crippen molar-refractivity contribution in [2.24, 2.45) is 5.73 Å². The van der Waals surface area contributed by atoms with E-state index >= 15 is 0 Å². The van der Waals surface area contributed by atoms with Gasteiger partial charge in [-0.05, 0) is 44.8 Å². The van der Waals surface area contributed by atoms with E-state index in [1.165, 1.54) is 18.9 Å². The highest BCUT2D eigenvalue weighted by molar-refractivity contribution is 7.98. The number of amides is 1. The normalized spacial score (nSPS) is 18.1. The third-order valence-corrected chi connectivity index (χ3v) is 6.58. The molecule has 0 bridgehead atoms. The fourth-order valence-corrected chi connectivity index (χ4v) is 4.54. The Morgan fingerprint density at radius 1 is 1.12 bits per heavy atom. The summed E-state index contributed by atoms with van der Waals surface area (Å²) in [5.74, 6) is -0.822. The van der Waals surface area contributed by atoms with Crippen LogP contribution in [0.4, 0.5) is 4.79 Å².